The highest BCUT2D eigenvalue weighted by molar-refractivity contribution is 6.13. The van der Waals surface area contributed by atoms with E-state index >= 15 is 0 Å². The second-order valence-electron chi connectivity index (χ2n) is 5.19. The molecule has 22 heavy (non-hydrogen) atoms. The fourth-order valence-electron chi connectivity index (χ4n) is 2.57. The number of hydrogen-bond donors (Lipinski definition) is 1. The lowest BCUT2D eigenvalue weighted by atomic mass is 9.86. The number of non-ortho nitro benzene ring substituents is 1. The molecule has 5 nitrogen and oxygen atoms in total. The molecule has 1 N–H and O–H groups in total. The lowest BCUT2D eigenvalue weighted by Gasteiger charge is -2.17. The summed E-state index contributed by atoms with van der Waals surface area (Å²) >= 11 is 0. The van der Waals surface area contributed by atoms with Crippen molar-refractivity contribution >= 4 is 17.5 Å². The SMILES string of the molecule is O=C1/C(=C\c2ccc(O)cc2)CCc2ccc([N+](=O)[O-])cc21. The van der Waals surface area contributed by atoms with Crippen molar-refractivity contribution in [1.82, 2.24) is 0 Å². The van der Waals surface area contributed by atoms with Gasteiger partial charge >= 0.3 is 0 Å². The standard InChI is InChI=1S/C17H13NO4/c19-15-7-1-11(2-8-15)9-13-4-3-12-5-6-14(18(21)22)10-16(12)17(13)20/h1-2,5-10,19H,3-4H2/b13-9-. The number of aromatic hydroxyl groups is 1. The molecule has 110 valence electrons. The first kappa shape index (κ1) is 14.0. The molecule has 0 aromatic heterocycles. The molecule has 0 bridgehead atoms. The number of benzene rings is 2. The Morgan fingerprint density at radius 1 is 1.09 bits per heavy atom. The number of phenolic OH excluding ortho intramolecular Hbond substituents is 1. The lowest BCUT2D eigenvalue weighted by Crippen LogP contribution is -2.14. The van der Waals surface area contributed by atoms with Crippen molar-refractivity contribution in [3.63, 3.8) is 0 Å². The van der Waals surface area contributed by atoms with Gasteiger partial charge in [-0.15, -0.1) is 0 Å². The number of rotatable bonds is 2. The van der Waals surface area contributed by atoms with Crippen molar-refractivity contribution in [3.05, 3.63) is 74.8 Å². The van der Waals surface area contributed by atoms with Gasteiger partial charge in [-0.2, -0.15) is 0 Å². The fraction of sp³-hybridized carbons (Fsp3) is 0.118. The van der Waals surface area contributed by atoms with Crippen LogP contribution in [0.2, 0.25) is 0 Å². The highest BCUT2D eigenvalue weighted by atomic mass is 16.6. The summed E-state index contributed by atoms with van der Waals surface area (Å²) in [5, 5.41) is 20.1. The Kier molecular flexibility index (Phi) is 3.47. The maximum atomic E-state index is 12.5. The molecule has 0 amide bonds. The summed E-state index contributed by atoms with van der Waals surface area (Å²) in [7, 11) is 0. The molecule has 3 rings (SSSR count). The predicted octanol–water partition coefficient (Wildman–Crippen LogP) is 3.51. The summed E-state index contributed by atoms with van der Waals surface area (Å²) in [5.74, 6) is -0.00360. The number of allylic oxidation sites excluding steroid dienone is 1. The first-order valence-electron chi connectivity index (χ1n) is 6.86. The maximum absolute atomic E-state index is 12.5. The predicted molar refractivity (Wildman–Crippen MR) is 81.8 cm³/mol. The summed E-state index contributed by atoms with van der Waals surface area (Å²) in [6, 6.07) is 11.0. The van der Waals surface area contributed by atoms with Gasteiger partial charge in [-0.3, -0.25) is 14.9 Å². The number of Topliss-reactive ketones (excluding diaryl/α,β-unsaturated/α-hetero) is 1. The van der Waals surface area contributed by atoms with Gasteiger partial charge in [-0.05, 0) is 42.2 Å². The van der Waals surface area contributed by atoms with E-state index in [1.807, 2.05) is 0 Å². The number of ketones is 1. The largest absolute Gasteiger partial charge is 0.508 e. The van der Waals surface area contributed by atoms with Crippen molar-refractivity contribution in [2.45, 2.75) is 12.8 Å². The Hall–Kier alpha value is -2.95. The molecule has 0 unspecified atom stereocenters. The Labute approximate surface area is 126 Å². The number of carbonyl (C=O) groups is 1. The third kappa shape index (κ3) is 2.61. The summed E-state index contributed by atoms with van der Waals surface area (Å²) < 4.78 is 0. The molecule has 5 heteroatoms. The van der Waals surface area contributed by atoms with Crippen LogP contribution in [0.3, 0.4) is 0 Å². The number of carbonyl (C=O) groups excluding carboxylic acids is 1. The van der Waals surface area contributed by atoms with Crippen LogP contribution in [0.15, 0.2) is 48.0 Å². The van der Waals surface area contributed by atoms with Crippen LogP contribution in [0.25, 0.3) is 6.08 Å². The van der Waals surface area contributed by atoms with Gasteiger partial charge in [-0.25, -0.2) is 0 Å². The Morgan fingerprint density at radius 2 is 1.82 bits per heavy atom. The summed E-state index contributed by atoms with van der Waals surface area (Å²) in [4.78, 5) is 22.9. The number of phenols is 1. The highest BCUT2D eigenvalue weighted by Crippen LogP contribution is 2.29. The quantitative estimate of drug-likeness (QED) is 0.522. The number of nitro groups is 1. The number of fused-ring (bicyclic) bond motifs is 1. The summed E-state index contributed by atoms with van der Waals surface area (Å²) in [5.41, 5.74) is 2.62. The molecule has 1 aliphatic rings. The monoisotopic (exact) mass is 295 g/mol. The molecule has 0 atom stereocenters. The number of nitrogens with zero attached hydrogens (tertiary/aromatic N) is 1. The van der Waals surface area contributed by atoms with E-state index in [0.29, 0.717) is 24.0 Å². The fourth-order valence-corrected chi connectivity index (χ4v) is 2.57. The van der Waals surface area contributed by atoms with Crippen molar-refractivity contribution in [2.24, 2.45) is 0 Å². The minimum atomic E-state index is -0.495. The minimum Gasteiger partial charge on any atom is -0.508 e. The average molecular weight is 295 g/mol. The Bertz CT molecular complexity index is 791. The molecule has 0 saturated carbocycles. The van der Waals surface area contributed by atoms with E-state index in [1.54, 1.807) is 36.4 Å². The zero-order valence-electron chi connectivity index (χ0n) is 11.7. The van der Waals surface area contributed by atoms with E-state index in [-0.39, 0.29) is 17.2 Å². The van der Waals surface area contributed by atoms with Crippen molar-refractivity contribution < 1.29 is 14.8 Å². The second kappa shape index (κ2) is 5.44. The second-order valence-corrected chi connectivity index (χ2v) is 5.19. The van der Waals surface area contributed by atoms with Gasteiger partial charge in [-0.1, -0.05) is 18.2 Å². The van der Waals surface area contributed by atoms with E-state index in [1.165, 1.54) is 12.1 Å². The molecule has 0 radical (unpaired) electrons. The summed E-state index contributed by atoms with van der Waals surface area (Å²) in [6.07, 6.45) is 3.05. The van der Waals surface area contributed by atoms with Crippen LogP contribution in [-0.2, 0) is 6.42 Å². The molecule has 0 fully saturated rings. The Morgan fingerprint density at radius 3 is 2.50 bits per heavy atom. The van der Waals surface area contributed by atoms with E-state index in [4.69, 9.17) is 0 Å². The molecule has 2 aromatic carbocycles. The topological polar surface area (TPSA) is 80.4 Å². The van der Waals surface area contributed by atoms with E-state index in [2.05, 4.69) is 0 Å². The molecule has 0 spiro atoms. The normalized spacial score (nSPS) is 15.6. The molecule has 0 heterocycles. The molecular weight excluding hydrogens is 282 g/mol. The van der Waals surface area contributed by atoms with Gasteiger partial charge in [0.2, 0.25) is 0 Å². The van der Waals surface area contributed by atoms with Gasteiger partial charge in [0.15, 0.2) is 5.78 Å². The van der Waals surface area contributed by atoms with E-state index in [0.717, 1.165) is 11.1 Å². The molecule has 1 aliphatic carbocycles. The minimum absolute atomic E-state index is 0.0713. The van der Waals surface area contributed by atoms with Gasteiger partial charge in [0.25, 0.3) is 5.69 Å². The zero-order valence-corrected chi connectivity index (χ0v) is 11.7. The first-order valence-corrected chi connectivity index (χ1v) is 6.86. The van der Waals surface area contributed by atoms with Crippen LogP contribution in [0.4, 0.5) is 5.69 Å². The molecular formula is C17H13NO4. The van der Waals surface area contributed by atoms with Crippen LogP contribution < -0.4 is 0 Å². The van der Waals surface area contributed by atoms with Gasteiger partial charge in [0, 0.05) is 23.3 Å². The summed E-state index contributed by atoms with van der Waals surface area (Å²) in [6.45, 7) is 0. The molecule has 0 aliphatic heterocycles. The molecule has 0 saturated heterocycles. The van der Waals surface area contributed by atoms with Gasteiger partial charge in [0.05, 0.1) is 4.92 Å². The van der Waals surface area contributed by atoms with Crippen LogP contribution in [0.5, 0.6) is 5.75 Å². The van der Waals surface area contributed by atoms with E-state index in [9.17, 15) is 20.0 Å². The third-order valence-corrected chi connectivity index (χ3v) is 3.74. The smallest absolute Gasteiger partial charge is 0.270 e. The first-order chi connectivity index (χ1) is 10.5. The van der Waals surface area contributed by atoms with Crippen molar-refractivity contribution in [2.75, 3.05) is 0 Å². The number of nitro benzene ring substituents is 1. The van der Waals surface area contributed by atoms with Crippen LogP contribution in [-0.4, -0.2) is 15.8 Å². The van der Waals surface area contributed by atoms with Crippen LogP contribution >= 0.6 is 0 Å². The van der Waals surface area contributed by atoms with Gasteiger partial charge in [0.1, 0.15) is 5.75 Å². The van der Waals surface area contributed by atoms with Crippen LogP contribution in [0, 0.1) is 10.1 Å². The average Bonchev–Trinajstić information content (AvgIpc) is 2.52. The van der Waals surface area contributed by atoms with Crippen LogP contribution in [0.1, 0.15) is 27.9 Å². The number of aryl methyl sites for hydroxylation is 1. The zero-order chi connectivity index (χ0) is 15.7. The van der Waals surface area contributed by atoms with Gasteiger partial charge < -0.3 is 5.11 Å². The Balaban J connectivity index is 1.98. The number of hydrogen-bond acceptors (Lipinski definition) is 4. The maximum Gasteiger partial charge on any atom is 0.270 e. The third-order valence-electron chi connectivity index (χ3n) is 3.74. The lowest BCUT2D eigenvalue weighted by molar-refractivity contribution is -0.384. The van der Waals surface area contributed by atoms with Crippen molar-refractivity contribution in [1.29, 1.82) is 0 Å². The molecule has 2 aromatic rings. The highest BCUT2D eigenvalue weighted by Gasteiger charge is 2.24. The van der Waals surface area contributed by atoms with E-state index < -0.39 is 4.92 Å². The van der Waals surface area contributed by atoms with Crippen molar-refractivity contribution in [3.8, 4) is 5.75 Å².